The second-order valence-electron chi connectivity index (χ2n) is 13.0. The van der Waals surface area contributed by atoms with Crippen molar-refractivity contribution in [3.8, 4) is 22.0 Å². The van der Waals surface area contributed by atoms with Crippen LogP contribution in [-0.4, -0.2) is 80.8 Å². The van der Waals surface area contributed by atoms with Crippen LogP contribution < -0.4 is 11.1 Å². The third kappa shape index (κ3) is 8.66. The molecular weight excluding hydrogens is 618 g/mol. The number of hydrogen-bond donors (Lipinski definition) is 2. The van der Waals surface area contributed by atoms with Crippen LogP contribution in [0.4, 0.5) is 0 Å². The molecule has 1 amide bonds. The molecule has 0 bridgehead atoms. The molecule has 0 unspecified atom stereocenters. The summed E-state index contributed by atoms with van der Waals surface area (Å²) >= 11 is 7.53. The highest BCUT2D eigenvalue weighted by Gasteiger charge is 2.27. The fraction of sp³-hybridized carbons (Fsp3) is 0.514. The van der Waals surface area contributed by atoms with E-state index in [0.717, 1.165) is 42.2 Å². The summed E-state index contributed by atoms with van der Waals surface area (Å²) in [5.41, 5.74) is 8.68. The van der Waals surface area contributed by atoms with Gasteiger partial charge in [-0.15, -0.1) is 11.3 Å². The number of imidazole rings is 1. The molecule has 1 aromatic carbocycles. The Morgan fingerprint density at radius 3 is 2.22 bits per heavy atom. The number of nitrogens with zero attached hydrogens (tertiary/aromatic N) is 5. The molecule has 248 valence electrons. The fourth-order valence-electron chi connectivity index (χ4n) is 6.18. The van der Waals surface area contributed by atoms with Gasteiger partial charge in [0.1, 0.15) is 17.2 Å². The molecule has 46 heavy (non-hydrogen) atoms. The first kappa shape index (κ1) is 34.3. The first-order chi connectivity index (χ1) is 22.1. The molecule has 0 aliphatic carbocycles. The molecule has 2 aliphatic rings. The fourth-order valence-corrected chi connectivity index (χ4v) is 7.17. The van der Waals surface area contributed by atoms with Crippen LogP contribution in [0.25, 0.3) is 22.0 Å². The van der Waals surface area contributed by atoms with Crippen LogP contribution in [-0.2, 0) is 6.54 Å². The van der Waals surface area contributed by atoms with Crippen molar-refractivity contribution in [3.63, 3.8) is 0 Å². The van der Waals surface area contributed by atoms with Gasteiger partial charge in [0.15, 0.2) is 5.76 Å². The summed E-state index contributed by atoms with van der Waals surface area (Å²) in [6.07, 6.45) is 4.24. The molecule has 9 nitrogen and oxygen atoms in total. The number of aryl methyl sites for hydroxylation is 1. The molecular formula is C35H48ClN7O2S. The van der Waals surface area contributed by atoms with Gasteiger partial charge in [-0.25, -0.2) is 4.98 Å². The van der Waals surface area contributed by atoms with Gasteiger partial charge >= 0.3 is 0 Å². The molecule has 0 atom stereocenters. The summed E-state index contributed by atoms with van der Waals surface area (Å²) in [6.45, 7) is 15.5. The topological polar surface area (TPSA) is 105 Å². The van der Waals surface area contributed by atoms with Gasteiger partial charge in [-0.3, -0.25) is 4.79 Å². The second-order valence-corrected chi connectivity index (χ2v) is 14.7. The first-order valence-electron chi connectivity index (χ1n) is 16.5. The third-order valence-electron chi connectivity index (χ3n) is 8.98. The molecule has 6 rings (SSSR count). The van der Waals surface area contributed by atoms with Gasteiger partial charge in [0.25, 0.3) is 5.91 Å². The van der Waals surface area contributed by atoms with Crippen LogP contribution in [0.15, 0.2) is 53.1 Å². The number of nitrogens with two attached hydrogens (primary N) is 1. The molecule has 11 heteroatoms. The Kier molecular flexibility index (Phi) is 11.7. The highest BCUT2D eigenvalue weighted by Crippen LogP contribution is 2.32. The van der Waals surface area contributed by atoms with E-state index in [1.165, 1.54) is 37.3 Å². The number of nitrogens with one attached hydrogen (secondary N) is 1. The maximum Gasteiger partial charge on any atom is 0.270 e. The number of carbonyl (C=O) groups is 1. The van der Waals surface area contributed by atoms with Crippen molar-refractivity contribution >= 4 is 28.8 Å². The summed E-state index contributed by atoms with van der Waals surface area (Å²) in [7, 11) is 0. The Hall–Kier alpha value is -3.02. The van der Waals surface area contributed by atoms with Gasteiger partial charge in [-0.2, -0.15) is 0 Å². The quantitative estimate of drug-likeness (QED) is 0.216. The number of aromatic nitrogens is 3. The lowest BCUT2D eigenvalue weighted by molar-refractivity contribution is 0.0891. The molecule has 3 N–H and O–H groups in total. The average Bonchev–Trinajstić information content (AvgIpc) is 3.77. The summed E-state index contributed by atoms with van der Waals surface area (Å²) in [5, 5.41) is 7.56. The van der Waals surface area contributed by atoms with Gasteiger partial charge in [-0.05, 0) is 85.5 Å². The number of benzene rings is 1. The Morgan fingerprint density at radius 1 is 1.00 bits per heavy atom. The smallest absolute Gasteiger partial charge is 0.270 e. The molecule has 2 aliphatic heterocycles. The van der Waals surface area contributed by atoms with Crippen LogP contribution >= 0.6 is 22.9 Å². The molecule has 4 aromatic rings. The molecule has 0 spiro atoms. The van der Waals surface area contributed by atoms with E-state index < -0.39 is 0 Å². The number of likely N-dealkylation sites (tertiary alicyclic amines) is 2. The minimum atomic E-state index is -0.0982. The second kappa shape index (κ2) is 15.7. The van der Waals surface area contributed by atoms with E-state index in [1.54, 1.807) is 0 Å². The Morgan fingerprint density at radius 2 is 1.63 bits per heavy atom. The van der Waals surface area contributed by atoms with Crippen molar-refractivity contribution < 1.29 is 9.32 Å². The lowest BCUT2D eigenvalue weighted by Gasteiger charge is -2.34. The number of piperidine rings is 2. The summed E-state index contributed by atoms with van der Waals surface area (Å²) in [5.74, 6) is 1.29. The molecule has 2 fully saturated rings. The van der Waals surface area contributed by atoms with Crippen molar-refractivity contribution in [1.82, 2.24) is 29.8 Å². The highest BCUT2D eigenvalue weighted by atomic mass is 35.5. The Bertz CT molecular complexity index is 1550. The molecule has 0 radical (unpaired) electrons. The molecule has 0 saturated carbocycles. The van der Waals surface area contributed by atoms with E-state index in [0.29, 0.717) is 51.8 Å². The lowest BCUT2D eigenvalue weighted by atomic mass is 10.0. The standard InChI is InChI=1S/C27H30ClN5O2S.C8H18N2/c1-17(2)32-13-11-20(12-14-32)30-27(34)25-18(3)29-26(19-7-5-4-6-8-19)33(25)16-21-15-22(35-31-21)23-9-10-24(28)36-23;1-7(2)10-5-3-8(9)4-6-10/h4-10,15,17,20H,11-14,16H2,1-3H3,(H,30,34);7-8H,3-6,9H2,1-2H3. The maximum absolute atomic E-state index is 13.6. The molecule has 5 heterocycles. The van der Waals surface area contributed by atoms with Gasteiger partial charge in [0.2, 0.25) is 0 Å². The number of carbonyl (C=O) groups excluding carboxylic acids is 1. The van der Waals surface area contributed by atoms with E-state index in [9.17, 15) is 4.79 Å². The van der Waals surface area contributed by atoms with Gasteiger partial charge < -0.3 is 29.9 Å². The van der Waals surface area contributed by atoms with E-state index in [-0.39, 0.29) is 11.9 Å². The highest BCUT2D eigenvalue weighted by molar-refractivity contribution is 7.19. The Balaban J connectivity index is 0.000000356. The predicted molar refractivity (Wildman–Crippen MR) is 187 cm³/mol. The summed E-state index contributed by atoms with van der Waals surface area (Å²) < 4.78 is 8.25. The van der Waals surface area contributed by atoms with Crippen LogP contribution in [0, 0.1) is 6.92 Å². The SMILES string of the molecule is CC(C)N1CCC(N)CC1.Cc1nc(-c2ccccc2)n(Cc2cc(-c3ccc(Cl)s3)on2)c1C(=O)NC1CCN(C(C)C)CC1. The van der Waals surface area contributed by atoms with E-state index in [2.05, 4.69) is 48.0 Å². The third-order valence-corrected chi connectivity index (χ3v) is 10.2. The summed E-state index contributed by atoms with van der Waals surface area (Å²) in [4.78, 5) is 24.3. The normalized spacial score (nSPS) is 17.0. The largest absolute Gasteiger partial charge is 0.355 e. The summed E-state index contributed by atoms with van der Waals surface area (Å²) in [6, 6.07) is 17.4. The minimum absolute atomic E-state index is 0.0982. The number of hydrogen-bond acceptors (Lipinski definition) is 8. The predicted octanol–water partition coefficient (Wildman–Crippen LogP) is 6.70. The van der Waals surface area contributed by atoms with Gasteiger partial charge in [0, 0.05) is 48.9 Å². The van der Waals surface area contributed by atoms with Gasteiger partial charge in [0.05, 0.1) is 21.5 Å². The zero-order chi connectivity index (χ0) is 32.8. The number of rotatable bonds is 8. The molecule has 2 saturated heterocycles. The zero-order valence-corrected chi connectivity index (χ0v) is 29.3. The lowest BCUT2D eigenvalue weighted by Crippen LogP contribution is -2.47. The van der Waals surface area contributed by atoms with Crippen molar-refractivity contribution in [2.24, 2.45) is 5.73 Å². The zero-order valence-electron chi connectivity index (χ0n) is 27.7. The van der Waals surface area contributed by atoms with Crippen molar-refractivity contribution in [1.29, 1.82) is 0 Å². The number of amides is 1. The van der Waals surface area contributed by atoms with E-state index >= 15 is 0 Å². The van der Waals surface area contributed by atoms with Crippen LogP contribution in [0.2, 0.25) is 4.34 Å². The van der Waals surface area contributed by atoms with Crippen LogP contribution in [0.3, 0.4) is 0 Å². The van der Waals surface area contributed by atoms with Crippen molar-refractivity contribution in [2.75, 3.05) is 26.2 Å². The Labute approximate surface area is 282 Å². The van der Waals surface area contributed by atoms with Crippen LogP contribution in [0.5, 0.6) is 0 Å². The van der Waals surface area contributed by atoms with E-state index in [4.69, 9.17) is 26.8 Å². The van der Waals surface area contributed by atoms with E-state index in [1.807, 2.05) is 60.0 Å². The van der Waals surface area contributed by atoms with Crippen molar-refractivity contribution in [3.05, 3.63) is 69.9 Å². The molecule has 3 aromatic heterocycles. The first-order valence-corrected chi connectivity index (χ1v) is 17.7. The maximum atomic E-state index is 13.6. The van der Waals surface area contributed by atoms with Crippen LogP contribution in [0.1, 0.15) is 75.3 Å². The number of thiophene rings is 1. The average molecular weight is 666 g/mol. The van der Waals surface area contributed by atoms with Gasteiger partial charge in [-0.1, -0.05) is 47.1 Å². The minimum Gasteiger partial charge on any atom is -0.355 e. The van der Waals surface area contributed by atoms with Crippen molar-refractivity contribution in [2.45, 2.75) is 91.0 Å². The number of halogens is 1. The monoisotopic (exact) mass is 665 g/mol.